The Hall–Kier alpha value is -2.39. The summed E-state index contributed by atoms with van der Waals surface area (Å²) < 4.78 is 26.3. The number of halogens is 1. The van der Waals surface area contributed by atoms with E-state index in [9.17, 15) is 23.6 Å². The van der Waals surface area contributed by atoms with E-state index in [-0.39, 0.29) is 21.3 Å². The van der Waals surface area contributed by atoms with Gasteiger partial charge in [-0.05, 0) is 12.1 Å². The second-order valence-corrected chi connectivity index (χ2v) is 5.93. The molecule has 0 saturated heterocycles. The first-order valence-corrected chi connectivity index (χ1v) is 7.27. The molecule has 0 saturated carbocycles. The second-order valence-electron chi connectivity index (χ2n) is 3.87. The van der Waals surface area contributed by atoms with E-state index in [4.69, 9.17) is 11.6 Å². The molecular weight excluding hydrogens is 322 g/mol. The molecule has 21 heavy (non-hydrogen) atoms. The summed E-state index contributed by atoms with van der Waals surface area (Å²) >= 11 is 5.77. The molecular formula is C11H8ClN3O5S. The number of nitrogens with zero attached hydrogens (tertiary/aromatic N) is 2. The zero-order chi connectivity index (χ0) is 15.6. The number of sulfonamides is 1. The standard InChI is InChI=1S/C11H8ClN3O5S/c12-8-3-4-13-6-11(8)21(19,20)14-9-2-1-7(15(17)18)5-10(9)16/h1-6,14,16H. The lowest BCUT2D eigenvalue weighted by atomic mass is 10.3. The predicted octanol–water partition coefficient (Wildman–Crippen LogP) is 2.15. The van der Waals surface area contributed by atoms with Gasteiger partial charge in [-0.15, -0.1) is 0 Å². The molecule has 0 fully saturated rings. The van der Waals surface area contributed by atoms with Crippen LogP contribution in [-0.2, 0) is 10.0 Å². The number of pyridine rings is 1. The zero-order valence-corrected chi connectivity index (χ0v) is 11.8. The lowest BCUT2D eigenvalue weighted by Gasteiger charge is -2.10. The summed E-state index contributed by atoms with van der Waals surface area (Å²) in [5.74, 6) is -0.576. The van der Waals surface area contributed by atoms with Gasteiger partial charge in [0.25, 0.3) is 15.7 Å². The molecule has 0 amide bonds. The van der Waals surface area contributed by atoms with Crippen LogP contribution in [0.5, 0.6) is 5.75 Å². The molecule has 0 spiro atoms. The smallest absolute Gasteiger partial charge is 0.273 e. The molecule has 2 aromatic rings. The average molecular weight is 330 g/mol. The molecule has 0 radical (unpaired) electrons. The van der Waals surface area contributed by atoms with Crippen molar-refractivity contribution in [3.8, 4) is 5.75 Å². The number of non-ortho nitro benzene ring substituents is 1. The summed E-state index contributed by atoms with van der Waals surface area (Å²) in [4.78, 5) is 13.2. The molecule has 8 nitrogen and oxygen atoms in total. The van der Waals surface area contributed by atoms with Crippen LogP contribution in [0.2, 0.25) is 5.02 Å². The van der Waals surface area contributed by atoms with Gasteiger partial charge in [-0.2, -0.15) is 0 Å². The van der Waals surface area contributed by atoms with Crippen molar-refractivity contribution in [3.63, 3.8) is 0 Å². The highest BCUT2D eigenvalue weighted by molar-refractivity contribution is 7.92. The van der Waals surface area contributed by atoms with Crippen molar-refractivity contribution in [3.05, 3.63) is 51.8 Å². The molecule has 2 N–H and O–H groups in total. The Balaban J connectivity index is 2.38. The number of aromatic nitrogens is 1. The fourth-order valence-electron chi connectivity index (χ4n) is 1.48. The van der Waals surface area contributed by atoms with E-state index in [1.807, 2.05) is 0 Å². The number of aromatic hydroxyl groups is 1. The van der Waals surface area contributed by atoms with E-state index in [0.29, 0.717) is 0 Å². The van der Waals surface area contributed by atoms with Crippen LogP contribution in [0.15, 0.2) is 41.6 Å². The van der Waals surface area contributed by atoms with Crippen molar-refractivity contribution >= 4 is 33.0 Å². The normalized spacial score (nSPS) is 11.1. The Morgan fingerprint density at radius 3 is 2.62 bits per heavy atom. The molecule has 1 heterocycles. The Morgan fingerprint density at radius 1 is 1.33 bits per heavy atom. The molecule has 10 heteroatoms. The van der Waals surface area contributed by atoms with Crippen molar-refractivity contribution < 1.29 is 18.4 Å². The first-order valence-electron chi connectivity index (χ1n) is 5.41. The van der Waals surface area contributed by atoms with Crippen molar-refractivity contribution in [1.29, 1.82) is 0 Å². The number of hydrogen-bond donors (Lipinski definition) is 2. The van der Waals surface area contributed by atoms with Gasteiger partial charge in [-0.3, -0.25) is 19.8 Å². The highest BCUT2D eigenvalue weighted by Gasteiger charge is 2.20. The SMILES string of the molecule is O=[N+]([O-])c1ccc(NS(=O)(=O)c2cnccc2Cl)c(O)c1. The van der Waals surface area contributed by atoms with Crippen LogP contribution in [0, 0.1) is 10.1 Å². The van der Waals surface area contributed by atoms with Crippen molar-refractivity contribution in [2.24, 2.45) is 0 Å². The van der Waals surface area contributed by atoms with E-state index in [1.54, 1.807) is 0 Å². The maximum absolute atomic E-state index is 12.1. The van der Waals surface area contributed by atoms with Gasteiger partial charge in [-0.1, -0.05) is 11.6 Å². The lowest BCUT2D eigenvalue weighted by Crippen LogP contribution is -2.13. The van der Waals surface area contributed by atoms with E-state index in [0.717, 1.165) is 24.4 Å². The lowest BCUT2D eigenvalue weighted by molar-refractivity contribution is -0.384. The predicted molar refractivity (Wildman–Crippen MR) is 74.8 cm³/mol. The molecule has 0 aliphatic carbocycles. The number of benzene rings is 1. The summed E-state index contributed by atoms with van der Waals surface area (Å²) in [7, 11) is -4.07. The summed E-state index contributed by atoms with van der Waals surface area (Å²) in [6.45, 7) is 0. The number of phenolic OH excluding ortho intramolecular Hbond substituents is 1. The Labute approximate surface area is 124 Å². The van der Waals surface area contributed by atoms with Crippen LogP contribution < -0.4 is 4.72 Å². The van der Waals surface area contributed by atoms with Crippen LogP contribution in [0.1, 0.15) is 0 Å². The highest BCUT2D eigenvalue weighted by Crippen LogP contribution is 2.30. The molecule has 0 aliphatic heterocycles. The maximum atomic E-state index is 12.1. The largest absolute Gasteiger partial charge is 0.505 e. The minimum absolute atomic E-state index is 0.0427. The van der Waals surface area contributed by atoms with Gasteiger partial charge in [-0.25, -0.2) is 8.42 Å². The number of hydrogen-bond acceptors (Lipinski definition) is 6. The van der Waals surface area contributed by atoms with Crippen molar-refractivity contribution in [2.45, 2.75) is 4.90 Å². The summed E-state index contributed by atoms with van der Waals surface area (Å²) in [6, 6.07) is 4.27. The van der Waals surface area contributed by atoms with Crippen LogP contribution in [0.25, 0.3) is 0 Å². The number of nitrogens with one attached hydrogen (secondary N) is 1. The summed E-state index contributed by atoms with van der Waals surface area (Å²) in [5, 5.41) is 20.1. The quantitative estimate of drug-likeness (QED) is 0.503. The molecule has 1 aromatic carbocycles. The Kier molecular flexibility index (Phi) is 3.96. The van der Waals surface area contributed by atoms with Crippen molar-refractivity contribution in [2.75, 3.05) is 4.72 Å². The van der Waals surface area contributed by atoms with Crippen LogP contribution >= 0.6 is 11.6 Å². The van der Waals surface area contributed by atoms with Crippen LogP contribution in [-0.4, -0.2) is 23.4 Å². The number of nitro groups is 1. The minimum atomic E-state index is -4.07. The Morgan fingerprint density at radius 2 is 2.05 bits per heavy atom. The van der Waals surface area contributed by atoms with E-state index < -0.39 is 20.7 Å². The maximum Gasteiger partial charge on any atom is 0.273 e. The number of phenols is 1. The summed E-state index contributed by atoms with van der Waals surface area (Å²) in [6.07, 6.45) is 2.37. The van der Waals surface area contributed by atoms with Gasteiger partial charge < -0.3 is 5.11 Å². The van der Waals surface area contributed by atoms with Gasteiger partial charge >= 0.3 is 0 Å². The van der Waals surface area contributed by atoms with Gasteiger partial charge in [0, 0.05) is 18.5 Å². The fraction of sp³-hybridized carbons (Fsp3) is 0. The number of anilines is 1. The third kappa shape index (κ3) is 3.20. The van der Waals surface area contributed by atoms with E-state index >= 15 is 0 Å². The first kappa shape index (κ1) is 15.0. The number of nitro benzene ring substituents is 1. The molecule has 2 rings (SSSR count). The molecule has 1 aromatic heterocycles. The molecule has 110 valence electrons. The van der Waals surface area contributed by atoms with Gasteiger partial charge in [0.15, 0.2) is 0 Å². The molecule has 0 atom stereocenters. The fourth-order valence-corrected chi connectivity index (χ4v) is 2.99. The van der Waals surface area contributed by atoms with E-state index in [1.165, 1.54) is 12.3 Å². The van der Waals surface area contributed by atoms with Gasteiger partial charge in [0.1, 0.15) is 10.6 Å². The van der Waals surface area contributed by atoms with Crippen molar-refractivity contribution in [1.82, 2.24) is 4.98 Å². The third-order valence-electron chi connectivity index (χ3n) is 2.46. The first-order chi connectivity index (χ1) is 9.81. The monoisotopic (exact) mass is 329 g/mol. The van der Waals surface area contributed by atoms with Crippen LogP contribution in [0.3, 0.4) is 0 Å². The van der Waals surface area contributed by atoms with Gasteiger partial charge in [0.2, 0.25) is 0 Å². The third-order valence-corrected chi connectivity index (χ3v) is 4.29. The molecule has 0 aliphatic rings. The van der Waals surface area contributed by atoms with Gasteiger partial charge in [0.05, 0.1) is 21.7 Å². The number of rotatable bonds is 4. The second kappa shape index (κ2) is 5.54. The van der Waals surface area contributed by atoms with E-state index in [2.05, 4.69) is 9.71 Å². The van der Waals surface area contributed by atoms with Crippen LogP contribution in [0.4, 0.5) is 11.4 Å². The Bertz CT molecular complexity index is 809. The highest BCUT2D eigenvalue weighted by atomic mass is 35.5. The molecule has 0 bridgehead atoms. The molecule has 0 unspecified atom stereocenters. The minimum Gasteiger partial charge on any atom is -0.505 e. The zero-order valence-electron chi connectivity index (χ0n) is 10.2. The topological polar surface area (TPSA) is 122 Å². The summed E-state index contributed by atoms with van der Waals surface area (Å²) in [5.41, 5.74) is -0.574. The average Bonchev–Trinajstić information content (AvgIpc) is 2.41.